The highest BCUT2D eigenvalue weighted by Gasteiger charge is 2.45. The van der Waals surface area contributed by atoms with Crippen LogP contribution >= 0.6 is 0 Å². The average molecular weight is 252 g/mol. The summed E-state index contributed by atoms with van der Waals surface area (Å²) in [4.78, 5) is 16.2. The fourth-order valence-electron chi connectivity index (χ4n) is 3.32. The molecule has 0 aromatic carbocycles. The van der Waals surface area contributed by atoms with Crippen LogP contribution in [0.5, 0.6) is 0 Å². The largest absolute Gasteiger partial charge is 0.341 e. The normalized spacial score (nSPS) is 23.1. The van der Waals surface area contributed by atoms with Crippen molar-refractivity contribution in [3.8, 4) is 0 Å². The first-order valence-electron chi connectivity index (χ1n) is 7.69. The van der Waals surface area contributed by atoms with Gasteiger partial charge in [0.05, 0.1) is 0 Å². The van der Waals surface area contributed by atoms with Crippen molar-refractivity contribution < 1.29 is 4.79 Å². The van der Waals surface area contributed by atoms with Crippen molar-refractivity contribution in [3.05, 3.63) is 0 Å². The van der Waals surface area contributed by atoms with Gasteiger partial charge in [-0.3, -0.25) is 4.79 Å². The van der Waals surface area contributed by atoms with Crippen LogP contribution in [0.4, 0.5) is 0 Å². The maximum atomic E-state index is 11.6. The molecule has 2 saturated heterocycles. The third-order valence-electron chi connectivity index (χ3n) is 4.70. The molecule has 0 atom stereocenters. The summed E-state index contributed by atoms with van der Waals surface area (Å²) in [5.74, 6) is 0.339. The minimum absolute atomic E-state index is 0.339. The Morgan fingerprint density at radius 1 is 1.11 bits per heavy atom. The summed E-state index contributed by atoms with van der Waals surface area (Å²) >= 11 is 0. The molecule has 0 aromatic rings. The molecular formula is C15H28N2O. The highest BCUT2D eigenvalue weighted by atomic mass is 16.2. The van der Waals surface area contributed by atoms with Gasteiger partial charge in [-0.05, 0) is 38.9 Å². The molecule has 0 unspecified atom stereocenters. The number of nitrogens with zero attached hydrogens (tertiary/aromatic N) is 2. The summed E-state index contributed by atoms with van der Waals surface area (Å²) in [6.07, 6.45) is 7.29. The molecule has 2 fully saturated rings. The van der Waals surface area contributed by atoms with Crippen molar-refractivity contribution in [1.82, 2.24) is 9.80 Å². The molecule has 2 aliphatic heterocycles. The zero-order chi connectivity index (χ0) is 13.0. The van der Waals surface area contributed by atoms with Crippen LogP contribution in [0.3, 0.4) is 0 Å². The van der Waals surface area contributed by atoms with Crippen LogP contribution in [-0.2, 0) is 4.79 Å². The van der Waals surface area contributed by atoms with E-state index in [-0.39, 0.29) is 0 Å². The zero-order valence-corrected chi connectivity index (χ0v) is 12.1. The number of carbonyl (C=O) groups is 1. The van der Waals surface area contributed by atoms with Crippen LogP contribution in [0, 0.1) is 5.41 Å². The molecule has 0 saturated carbocycles. The molecule has 2 aliphatic rings. The Labute approximate surface area is 112 Å². The molecule has 3 heteroatoms. The SMILES string of the molecule is CCCCCN1CCC2(CC1)CN(C(=O)CC)C2. The Kier molecular flexibility index (Phi) is 4.66. The molecule has 0 bridgehead atoms. The molecule has 18 heavy (non-hydrogen) atoms. The van der Waals surface area contributed by atoms with Gasteiger partial charge in [-0.15, -0.1) is 0 Å². The van der Waals surface area contributed by atoms with Crippen LogP contribution in [0.25, 0.3) is 0 Å². The van der Waals surface area contributed by atoms with Crippen LogP contribution < -0.4 is 0 Å². The van der Waals surface area contributed by atoms with E-state index in [1.54, 1.807) is 0 Å². The van der Waals surface area contributed by atoms with Gasteiger partial charge in [0.1, 0.15) is 0 Å². The van der Waals surface area contributed by atoms with Crippen molar-refractivity contribution in [2.45, 2.75) is 52.4 Å². The summed E-state index contributed by atoms with van der Waals surface area (Å²) in [5.41, 5.74) is 0.492. The van der Waals surface area contributed by atoms with E-state index < -0.39 is 0 Å². The van der Waals surface area contributed by atoms with E-state index in [9.17, 15) is 4.79 Å². The zero-order valence-electron chi connectivity index (χ0n) is 12.1. The van der Waals surface area contributed by atoms with Gasteiger partial charge >= 0.3 is 0 Å². The third kappa shape index (κ3) is 3.05. The minimum Gasteiger partial charge on any atom is -0.341 e. The number of hydrogen-bond donors (Lipinski definition) is 0. The van der Waals surface area contributed by atoms with E-state index in [0.717, 1.165) is 13.1 Å². The van der Waals surface area contributed by atoms with Gasteiger partial charge in [-0.2, -0.15) is 0 Å². The minimum atomic E-state index is 0.339. The van der Waals surface area contributed by atoms with Crippen molar-refractivity contribution in [3.63, 3.8) is 0 Å². The predicted molar refractivity (Wildman–Crippen MR) is 74.5 cm³/mol. The maximum Gasteiger partial charge on any atom is 0.222 e. The molecule has 2 rings (SSSR count). The number of rotatable bonds is 5. The molecule has 0 radical (unpaired) electrons. The number of piperidine rings is 1. The Hall–Kier alpha value is -0.570. The first kappa shape index (κ1) is 13.9. The fraction of sp³-hybridized carbons (Fsp3) is 0.933. The van der Waals surface area contributed by atoms with Gasteiger partial charge in [-0.25, -0.2) is 0 Å². The van der Waals surface area contributed by atoms with Gasteiger partial charge in [0, 0.05) is 24.9 Å². The Morgan fingerprint density at radius 3 is 2.33 bits per heavy atom. The standard InChI is InChI=1S/C15H28N2O/c1-3-5-6-9-16-10-7-15(8-11-16)12-17(13-15)14(18)4-2/h3-13H2,1-2H3. The highest BCUT2D eigenvalue weighted by molar-refractivity contribution is 5.76. The summed E-state index contributed by atoms with van der Waals surface area (Å²) in [6, 6.07) is 0. The van der Waals surface area contributed by atoms with E-state index >= 15 is 0 Å². The number of unbranched alkanes of at least 4 members (excludes halogenated alkanes) is 2. The van der Waals surface area contributed by atoms with Gasteiger partial charge in [0.2, 0.25) is 5.91 Å². The monoisotopic (exact) mass is 252 g/mol. The van der Waals surface area contributed by atoms with E-state index in [1.807, 2.05) is 11.8 Å². The lowest BCUT2D eigenvalue weighted by molar-refractivity contribution is -0.146. The predicted octanol–water partition coefficient (Wildman–Crippen LogP) is 2.51. The number of likely N-dealkylation sites (tertiary alicyclic amines) is 2. The molecular weight excluding hydrogens is 224 g/mol. The Morgan fingerprint density at radius 2 is 1.78 bits per heavy atom. The van der Waals surface area contributed by atoms with Gasteiger partial charge < -0.3 is 9.80 Å². The molecule has 0 N–H and O–H groups in total. The van der Waals surface area contributed by atoms with Crippen molar-refractivity contribution in [1.29, 1.82) is 0 Å². The topological polar surface area (TPSA) is 23.6 Å². The smallest absolute Gasteiger partial charge is 0.222 e. The Bertz CT molecular complexity index is 274. The molecule has 0 aliphatic carbocycles. The van der Waals surface area contributed by atoms with Crippen molar-refractivity contribution in [2.24, 2.45) is 5.41 Å². The van der Waals surface area contributed by atoms with E-state index in [0.29, 0.717) is 17.7 Å². The van der Waals surface area contributed by atoms with Crippen LogP contribution in [0.1, 0.15) is 52.4 Å². The summed E-state index contributed by atoms with van der Waals surface area (Å²) in [5, 5.41) is 0. The first-order valence-corrected chi connectivity index (χ1v) is 7.69. The Balaban J connectivity index is 1.67. The molecule has 1 amide bonds. The summed E-state index contributed by atoms with van der Waals surface area (Å²) in [7, 11) is 0. The summed E-state index contributed by atoms with van der Waals surface area (Å²) in [6.45, 7) is 10.1. The van der Waals surface area contributed by atoms with Crippen LogP contribution in [-0.4, -0.2) is 48.4 Å². The maximum absolute atomic E-state index is 11.6. The number of amides is 1. The second-order valence-corrected chi connectivity index (χ2v) is 6.15. The van der Waals surface area contributed by atoms with Gasteiger partial charge in [0.25, 0.3) is 0 Å². The molecule has 0 aromatic heterocycles. The molecule has 1 spiro atoms. The van der Waals surface area contributed by atoms with Crippen molar-refractivity contribution >= 4 is 5.91 Å². The lowest BCUT2D eigenvalue weighted by atomic mass is 9.72. The molecule has 104 valence electrons. The number of carbonyl (C=O) groups excluding carboxylic acids is 1. The molecule has 2 heterocycles. The van der Waals surface area contributed by atoms with Crippen molar-refractivity contribution in [2.75, 3.05) is 32.7 Å². The second kappa shape index (κ2) is 6.05. The average Bonchev–Trinajstić information content (AvgIpc) is 2.36. The lowest BCUT2D eigenvalue weighted by Gasteiger charge is -2.54. The molecule has 3 nitrogen and oxygen atoms in total. The number of hydrogen-bond acceptors (Lipinski definition) is 2. The fourth-order valence-corrected chi connectivity index (χ4v) is 3.32. The van der Waals surface area contributed by atoms with E-state index in [2.05, 4.69) is 11.8 Å². The summed E-state index contributed by atoms with van der Waals surface area (Å²) < 4.78 is 0. The quantitative estimate of drug-likeness (QED) is 0.702. The van der Waals surface area contributed by atoms with E-state index in [4.69, 9.17) is 0 Å². The van der Waals surface area contributed by atoms with E-state index in [1.165, 1.54) is 51.7 Å². The van der Waals surface area contributed by atoms with Crippen LogP contribution in [0.2, 0.25) is 0 Å². The highest BCUT2D eigenvalue weighted by Crippen LogP contribution is 2.40. The van der Waals surface area contributed by atoms with Gasteiger partial charge in [0.15, 0.2) is 0 Å². The first-order chi connectivity index (χ1) is 8.69. The van der Waals surface area contributed by atoms with Gasteiger partial charge in [-0.1, -0.05) is 26.7 Å². The third-order valence-corrected chi connectivity index (χ3v) is 4.70. The second-order valence-electron chi connectivity index (χ2n) is 6.15. The van der Waals surface area contributed by atoms with Crippen LogP contribution in [0.15, 0.2) is 0 Å². The lowest BCUT2D eigenvalue weighted by Crippen LogP contribution is -2.61.